The molecule has 0 radical (unpaired) electrons. The van der Waals surface area contributed by atoms with E-state index in [0.29, 0.717) is 17.3 Å². The average molecular weight is 352 g/mol. The molecule has 26 heavy (non-hydrogen) atoms. The number of nitrogens with zero attached hydrogens (tertiary/aromatic N) is 4. The van der Waals surface area contributed by atoms with Crippen LogP contribution in [0.2, 0.25) is 0 Å². The first-order valence-electron chi connectivity index (χ1n) is 9.28. The second-order valence-corrected chi connectivity index (χ2v) is 7.34. The average Bonchev–Trinajstić information content (AvgIpc) is 3.02. The summed E-state index contributed by atoms with van der Waals surface area (Å²) in [6.45, 7) is 0.863. The second-order valence-electron chi connectivity index (χ2n) is 7.34. The molecule has 1 aliphatic carbocycles. The molecule has 0 atom stereocenters. The summed E-state index contributed by atoms with van der Waals surface area (Å²) >= 11 is 0. The number of hydrogen-bond acceptors (Lipinski definition) is 3. The van der Waals surface area contributed by atoms with Gasteiger partial charge >= 0.3 is 5.69 Å². The van der Waals surface area contributed by atoms with Crippen molar-refractivity contribution in [3.8, 4) is 11.4 Å². The molecule has 0 N–H and O–H groups in total. The van der Waals surface area contributed by atoms with E-state index in [9.17, 15) is 9.59 Å². The maximum Gasteiger partial charge on any atom is 0.330 e. The fourth-order valence-corrected chi connectivity index (χ4v) is 4.06. The summed E-state index contributed by atoms with van der Waals surface area (Å²) in [5, 5.41) is 0. The molecule has 6 nitrogen and oxygen atoms in total. The molecule has 0 spiro atoms. The summed E-state index contributed by atoms with van der Waals surface area (Å²) in [5.74, 6) is 1.27. The second kappa shape index (κ2) is 6.59. The zero-order valence-corrected chi connectivity index (χ0v) is 15.3. The van der Waals surface area contributed by atoms with Crippen molar-refractivity contribution in [2.45, 2.75) is 38.6 Å². The Kier molecular flexibility index (Phi) is 4.26. The highest BCUT2D eigenvalue weighted by molar-refractivity contribution is 5.80. The van der Waals surface area contributed by atoms with Gasteiger partial charge < -0.3 is 9.13 Å². The van der Waals surface area contributed by atoms with Crippen LogP contribution in [-0.2, 0) is 20.6 Å². The summed E-state index contributed by atoms with van der Waals surface area (Å²) in [6, 6.07) is 8.00. The molecule has 4 rings (SSSR count). The van der Waals surface area contributed by atoms with Crippen LogP contribution in [0, 0.1) is 5.92 Å². The molecular weight excluding hydrogens is 328 g/mol. The van der Waals surface area contributed by atoms with Gasteiger partial charge in [-0.15, -0.1) is 0 Å². The largest absolute Gasteiger partial charge is 0.330 e. The van der Waals surface area contributed by atoms with Gasteiger partial charge in [-0.25, -0.2) is 9.78 Å². The van der Waals surface area contributed by atoms with Crippen molar-refractivity contribution >= 4 is 11.0 Å². The Morgan fingerprint density at radius 3 is 2.58 bits per heavy atom. The molecule has 1 fully saturated rings. The normalized spacial score (nSPS) is 15.6. The number of hydrogen-bond donors (Lipinski definition) is 0. The van der Waals surface area contributed by atoms with E-state index in [0.717, 1.165) is 22.1 Å². The summed E-state index contributed by atoms with van der Waals surface area (Å²) in [4.78, 5) is 29.6. The van der Waals surface area contributed by atoms with Crippen LogP contribution in [-0.4, -0.2) is 18.7 Å². The van der Waals surface area contributed by atoms with E-state index in [1.807, 2.05) is 18.2 Å². The van der Waals surface area contributed by atoms with Crippen molar-refractivity contribution in [1.82, 2.24) is 18.7 Å². The van der Waals surface area contributed by atoms with Gasteiger partial charge in [0.2, 0.25) is 0 Å². The quantitative estimate of drug-likeness (QED) is 0.728. The number of aryl methyl sites for hydroxylation is 1. The Morgan fingerprint density at radius 2 is 1.81 bits per heavy atom. The fraction of sp³-hybridized carbons (Fsp3) is 0.450. The van der Waals surface area contributed by atoms with Gasteiger partial charge in [0.15, 0.2) is 0 Å². The third kappa shape index (κ3) is 2.79. The van der Waals surface area contributed by atoms with Crippen LogP contribution in [0.25, 0.3) is 22.4 Å². The van der Waals surface area contributed by atoms with Crippen molar-refractivity contribution in [1.29, 1.82) is 0 Å². The molecular formula is C20H24N4O2. The zero-order valence-electron chi connectivity index (χ0n) is 15.3. The van der Waals surface area contributed by atoms with Gasteiger partial charge in [0, 0.05) is 26.8 Å². The summed E-state index contributed by atoms with van der Waals surface area (Å²) in [6.07, 6.45) is 7.91. The van der Waals surface area contributed by atoms with E-state index in [1.165, 1.54) is 43.7 Å². The number of para-hydroxylation sites is 2. The van der Waals surface area contributed by atoms with Gasteiger partial charge in [0.25, 0.3) is 5.56 Å². The first-order valence-corrected chi connectivity index (χ1v) is 9.28. The smallest absolute Gasteiger partial charge is 0.323 e. The van der Waals surface area contributed by atoms with E-state index in [1.54, 1.807) is 13.2 Å². The monoisotopic (exact) mass is 352 g/mol. The Labute approximate surface area is 151 Å². The Balaban J connectivity index is 1.91. The third-order valence-electron chi connectivity index (χ3n) is 5.51. The van der Waals surface area contributed by atoms with Crippen LogP contribution in [0.5, 0.6) is 0 Å². The van der Waals surface area contributed by atoms with Crippen LogP contribution in [0.4, 0.5) is 0 Å². The number of imidazole rings is 1. The first-order chi connectivity index (χ1) is 12.6. The summed E-state index contributed by atoms with van der Waals surface area (Å²) in [7, 11) is 3.18. The predicted octanol–water partition coefficient (Wildman–Crippen LogP) is 2.68. The minimum atomic E-state index is -0.325. The van der Waals surface area contributed by atoms with Crippen molar-refractivity contribution in [3.63, 3.8) is 0 Å². The predicted molar refractivity (Wildman–Crippen MR) is 102 cm³/mol. The molecule has 0 amide bonds. The number of fused-ring (bicyclic) bond motifs is 1. The molecule has 0 aliphatic heterocycles. The molecule has 2 heterocycles. The molecule has 1 aliphatic rings. The van der Waals surface area contributed by atoms with E-state index in [-0.39, 0.29) is 11.2 Å². The van der Waals surface area contributed by atoms with Gasteiger partial charge in [-0.1, -0.05) is 31.4 Å². The van der Waals surface area contributed by atoms with Gasteiger partial charge in [-0.2, -0.15) is 0 Å². The van der Waals surface area contributed by atoms with Crippen LogP contribution in [0.15, 0.2) is 40.1 Å². The first kappa shape index (κ1) is 16.8. The molecule has 3 aromatic rings. The summed E-state index contributed by atoms with van der Waals surface area (Å²) in [5.41, 5.74) is 1.78. The van der Waals surface area contributed by atoms with Crippen molar-refractivity contribution in [2.24, 2.45) is 20.0 Å². The van der Waals surface area contributed by atoms with Gasteiger partial charge in [-0.3, -0.25) is 9.36 Å². The SMILES string of the molecule is Cn1cc(-c2nc3ccccc3n2CC2CCCCC2)c(=O)n(C)c1=O. The van der Waals surface area contributed by atoms with E-state index in [2.05, 4.69) is 10.6 Å². The number of aromatic nitrogens is 4. The van der Waals surface area contributed by atoms with Crippen LogP contribution < -0.4 is 11.2 Å². The van der Waals surface area contributed by atoms with Crippen LogP contribution in [0.3, 0.4) is 0 Å². The zero-order chi connectivity index (χ0) is 18.3. The van der Waals surface area contributed by atoms with Gasteiger partial charge in [-0.05, 0) is 30.9 Å². The van der Waals surface area contributed by atoms with Crippen molar-refractivity contribution < 1.29 is 0 Å². The minimum Gasteiger partial charge on any atom is -0.323 e. The Bertz CT molecular complexity index is 1070. The molecule has 2 aromatic heterocycles. The highest BCUT2D eigenvalue weighted by Gasteiger charge is 2.21. The number of benzene rings is 1. The Morgan fingerprint density at radius 1 is 1.08 bits per heavy atom. The molecule has 0 bridgehead atoms. The lowest BCUT2D eigenvalue weighted by atomic mass is 9.89. The maximum absolute atomic E-state index is 12.8. The molecule has 6 heteroatoms. The number of rotatable bonds is 3. The minimum absolute atomic E-state index is 0.298. The summed E-state index contributed by atoms with van der Waals surface area (Å²) < 4.78 is 4.77. The lowest BCUT2D eigenvalue weighted by Crippen LogP contribution is -2.37. The highest BCUT2D eigenvalue weighted by atomic mass is 16.2. The highest BCUT2D eigenvalue weighted by Crippen LogP contribution is 2.29. The van der Waals surface area contributed by atoms with Gasteiger partial charge in [0.1, 0.15) is 5.82 Å². The van der Waals surface area contributed by atoms with Crippen LogP contribution >= 0.6 is 0 Å². The molecule has 0 unspecified atom stereocenters. The molecule has 1 saturated carbocycles. The molecule has 0 saturated heterocycles. The van der Waals surface area contributed by atoms with Gasteiger partial charge in [0.05, 0.1) is 16.6 Å². The van der Waals surface area contributed by atoms with Crippen molar-refractivity contribution in [2.75, 3.05) is 0 Å². The third-order valence-corrected chi connectivity index (χ3v) is 5.51. The topological polar surface area (TPSA) is 61.8 Å². The van der Waals surface area contributed by atoms with E-state index >= 15 is 0 Å². The van der Waals surface area contributed by atoms with Crippen LogP contribution in [0.1, 0.15) is 32.1 Å². The van der Waals surface area contributed by atoms with E-state index in [4.69, 9.17) is 4.98 Å². The van der Waals surface area contributed by atoms with E-state index < -0.39 is 0 Å². The maximum atomic E-state index is 12.8. The molecule has 136 valence electrons. The lowest BCUT2D eigenvalue weighted by molar-refractivity contribution is 0.323. The molecule has 1 aromatic carbocycles. The Hall–Kier alpha value is -2.63. The standard InChI is InChI=1S/C20H24N4O2/c1-22-13-15(19(25)23(2)20(22)26)18-21-16-10-6-7-11-17(16)24(18)12-14-8-4-3-5-9-14/h6-7,10-11,13-14H,3-5,8-9,12H2,1-2H3. The fourth-order valence-electron chi connectivity index (χ4n) is 4.06. The van der Waals surface area contributed by atoms with Crippen molar-refractivity contribution in [3.05, 3.63) is 51.3 Å². The lowest BCUT2D eigenvalue weighted by Gasteiger charge is -2.23.